The lowest BCUT2D eigenvalue weighted by atomic mass is 9.82. The molecule has 0 unspecified atom stereocenters. The van der Waals surface area contributed by atoms with Crippen molar-refractivity contribution in [3.8, 4) is 0 Å². The molecule has 1 rings (SSSR count). The van der Waals surface area contributed by atoms with Crippen LogP contribution in [-0.2, 0) is 0 Å². The minimum absolute atomic E-state index is 0.583. The van der Waals surface area contributed by atoms with Gasteiger partial charge < -0.3 is 4.90 Å². The highest BCUT2D eigenvalue weighted by molar-refractivity contribution is 4.70. The Morgan fingerprint density at radius 1 is 0.733 bits per heavy atom. The Morgan fingerprint density at radius 3 is 2.07 bits per heavy atom. The monoisotopic (exact) mass is 211 g/mol. The Bertz CT molecular complexity index is 163. The molecule has 1 fully saturated rings. The molecule has 0 N–H and O–H groups in total. The molecule has 0 aromatic rings. The Balaban J connectivity index is 2.33. The number of hydrogen-bond acceptors (Lipinski definition) is 1. The lowest BCUT2D eigenvalue weighted by molar-refractivity contribution is 0.244. The second kappa shape index (κ2) is 6.52. The Kier molecular flexibility index (Phi) is 5.66. The molecule has 1 heteroatoms. The normalized spacial score (nSPS) is 26.6. The third kappa shape index (κ3) is 6.19. The zero-order chi connectivity index (χ0) is 11.1. The van der Waals surface area contributed by atoms with Crippen molar-refractivity contribution in [3.63, 3.8) is 0 Å². The zero-order valence-corrected chi connectivity index (χ0v) is 11.0. The first-order chi connectivity index (χ1) is 7.10. The first-order valence-electron chi connectivity index (χ1n) is 6.79. The quantitative estimate of drug-likeness (QED) is 0.583. The van der Waals surface area contributed by atoms with E-state index in [1.807, 2.05) is 0 Å². The maximum atomic E-state index is 2.51. The van der Waals surface area contributed by atoms with Crippen molar-refractivity contribution in [1.82, 2.24) is 4.90 Å². The first kappa shape index (κ1) is 13.0. The highest BCUT2D eigenvalue weighted by Gasteiger charge is 2.17. The van der Waals surface area contributed by atoms with Crippen LogP contribution in [0, 0.1) is 5.41 Å². The first-order valence-corrected chi connectivity index (χ1v) is 6.79. The summed E-state index contributed by atoms with van der Waals surface area (Å²) in [5, 5.41) is 0. The minimum atomic E-state index is 0.583. The van der Waals surface area contributed by atoms with Crippen LogP contribution in [0.3, 0.4) is 0 Å². The third-order valence-corrected chi connectivity index (χ3v) is 3.79. The summed E-state index contributed by atoms with van der Waals surface area (Å²) < 4.78 is 0. The maximum absolute atomic E-state index is 2.51. The molecule has 1 heterocycles. The molecule has 1 aliphatic rings. The van der Waals surface area contributed by atoms with E-state index >= 15 is 0 Å². The van der Waals surface area contributed by atoms with Crippen molar-refractivity contribution in [1.29, 1.82) is 0 Å². The fourth-order valence-corrected chi connectivity index (χ4v) is 2.58. The van der Waals surface area contributed by atoms with Crippen LogP contribution in [-0.4, -0.2) is 25.0 Å². The molecule has 0 saturated carbocycles. The van der Waals surface area contributed by atoms with E-state index in [0.717, 1.165) is 0 Å². The van der Waals surface area contributed by atoms with Crippen molar-refractivity contribution in [2.24, 2.45) is 5.41 Å². The summed E-state index contributed by atoms with van der Waals surface area (Å²) >= 11 is 0. The number of nitrogens with zero attached hydrogens (tertiary/aromatic N) is 1. The van der Waals surface area contributed by atoms with Crippen molar-refractivity contribution >= 4 is 0 Å². The smallest absolute Gasteiger partial charge is 0.00216 e. The van der Waals surface area contributed by atoms with Crippen molar-refractivity contribution in [3.05, 3.63) is 0 Å². The van der Waals surface area contributed by atoms with E-state index in [1.165, 1.54) is 64.5 Å². The molecular weight excluding hydrogens is 182 g/mol. The molecular formula is C14H29N. The zero-order valence-electron chi connectivity index (χ0n) is 11.0. The number of hydrogen-bond donors (Lipinski definition) is 0. The molecule has 0 atom stereocenters. The molecule has 0 radical (unpaired) electrons. The van der Waals surface area contributed by atoms with E-state index in [-0.39, 0.29) is 0 Å². The summed E-state index contributed by atoms with van der Waals surface area (Å²) in [6, 6.07) is 0. The van der Waals surface area contributed by atoms with Crippen LogP contribution in [0.5, 0.6) is 0 Å². The molecule has 90 valence electrons. The Morgan fingerprint density at radius 2 is 1.27 bits per heavy atom. The van der Waals surface area contributed by atoms with Gasteiger partial charge in [-0.3, -0.25) is 0 Å². The van der Waals surface area contributed by atoms with Crippen LogP contribution in [0.25, 0.3) is 0 Å². The second-order valence-electron chi connectivity index (χ2n) is 6.09. The lowest BCUT2D eigenvalue weighted by Crippen LogP contribution is -2.23. The van der Waals surface area contributed by atoms with Gasteiger partial charge in [-0.15, -0.1) is 0 Å². The highest BCUT2D eigenvalue weighted by Crippen LogP contribution is 2.29. The van der Waals surface area contributed by atoms with Gasteiger partial charge in [-0.1, -0.05) is 39.5 Å². The molecule has 1 nitrogen and oxygen atoms in total. The fraction of sp³-hybridized carbons (Fsp3) is 1.00. The Labute approximate surface area is 96.2 Å². The van der Waals surface area contributed by atoms with Crippen molar-refractivity contribution in [2.45, 2.75) is 65.2 Å². The van der Waals surface area contributed by atoms with Crippen molar-refractivity contribution in [2.75, 3.05) is 20.1 Å². The Hall–Kier alpha value is -0.0400. The molecule has 0 aromatic heterocycles. The fourth-order valence-electron chi connectivity index (χ4n) is 2.58. The second-order valence-corrected chi connectivity index (χ2v) is 6.09. The summed E-state index contributed by atoms with van der Waals surface area (Å²) in [4.78, 5) is 2.51. The van der Waals surface area contributed by atoms with E-state index in [0.29, 0.717) is 5.41 Å². The predicted octanol–water partition coefficient (Wildman–Crippen LogP) is 4.08. The molecule has 0 aliphatic carbocycles. The molecule has 1 aliphatic heterocycles. The van der Waals surface area contributed by atoms with E-state index in [1.54, 1.807) is 0 Å². The minimum Gasteiger partial charge on any atom is -0.306 e. The highest BCUT2D eigenvalue weighted by atomic mass is 15.1. The van der Waals surface area contributed by atoms with E-state index in [9.17, 15) is 0 Å². The van der Waals surface area contributed by atoms with Crippen molar-refractivity contribution < 1.29 is 0 Å². The van der Waals surface area contributed by atoms with Gasteiger partial charge in [0.05, 0.1) is 0 Å². The van der Waals surface area contributed by atoms with Crippen LogP contribution in [0.15, 0.2) is 0 Å². The summed E-state index contributed by atoms with van der Waals surface area (Å²) in [7, 11) is 2.28. The summed E-state index contributed by atoms with van der Waals surface area (Å²) in [6.45, 7) is 7.49. The van der Waals surface area contributed by atoms with E-state index < -0.39 is 0 Å². The topological polar surface area (TPSA) is 3.24 Å². The molecule has 0 bridgehead atoms. The van der Waals surface area contributed by atoms with Gasteiger partial charge in [0.15, 0.2) is 0 Å². The molecule has 0 spiro atoms. The van der Waals surface area contributed by atoms with Gasteiger partial charge in [-0.2, -0.15) is 0 Å². The molecule has 0 amide bonds. The van der Waals surface area contributed by atoms with Gasteiger partial charge in [-0.05, 0) is 51.2 Å². The SMILES string of the molecule is CN1CCCCCCCC(C)(C)CCC1. The molecule has 15 heavy (non-hydrogen) atoms. The largest absolute Gasteiger partial charge is 0.306 e. The summed E-state index contributed by atoms with van der Waals surface area (Å²) in [5.41, 5.74) is 0.583. The average molecular weight is 211 g/mol. The van der Waals surface area contributed by atoms with Crippen LogP contribution in [0.1, 0.15) is 65.2 Å². The van der Waals surface area contributed by atoms with Crippen LogP contribution >= 0.6 is 0 Å². The van der Waals surface area contributed by atoms with Gasteiger partial charge in [-0.25, -0.2) is 0 Å². The van der Waals surface area contributed by atoms with E-state index in [2.05, 4.69) is 25.8 Å². The van der Waals surface area contributed by atoms with Crippen LogP contribution in [0.2, 0.25) is 0 Å². The van der Waals surface area contributed by atoms with Crippen LogP contribution < -0.4 is 0 Å². The lowest BCUT2D eigenvalue weighted by Gasteiger charge is -2.27. The van der Waals surface area contributed by atoms with Crippen LogP contribution in [0.4, 0.5) is 0 Å². The van der Waals surface area contributed by atoms with E-state index in [4.69, 9.17) is 0 Å². The number of rotatable bonds is 0. The maximum Gasteiger partial charge on any atom is -0.00216 e. The van der Waals surface area contributed by atoms with Gasteiger partial charge in [0, 0.05) is 0 Å². The summed E-state index contributed by atoms with van der Waals surface area (Å²) in [6.07, 6.45) is 11.4. The van der Waals surface area contributed by atoms with Gasteiger partial charge >= 0.3 is 0 Å². The molecule has 1 saturated heterocycles. The predicted molar refractivity (Wildman–Crippen MR) is 68.2 cm³/mol. The van der Waals surface area contributed by atoms with Gasteiger partial charge in [0.1, 0.15) is 0 Å². The molecule has 0 aromatic carbocycles. The van der Waals surface area contributed by atoms with Gasteiger partial charge in [0.25, 0.3) is 0 Å². The third-order valence-electron chi connectivity index (χ3n) is 3.79. The van der Waals surface area contributed by atoms with Gasteiger partial charge in [0.2, 0.25) is 0 Å². The summed E-state index contributed by atoms with van der Waals surface area (Å²) in [5.74, 6) is 0. The standard InChI is InChI=1S/C14H29N/c1-14(2)10-7-5-4-6-8-12-15(3)13-9-11-14/h4-13H2,1-3H3. The average Bonchev–Trinajstić information content (AvgIpc) is 2.14.